The predicted octanol–water partition coefficient (Wildman–Crippen LogP) is 1.56. The molecule has 3 aliphatic rings. The first-order chi connectivity index (χ1) is 13.2. The first-order valence-electron chi connectivity index (χ1n) is 8.59. The molecule has 146 valence electrons. The van der Waals surface area contributed by atoms with Crippen LogP contribution in [0.5, 0.6) is 0 Å². The van der Waals surface area contributed by atoms with E-state index in [0.717, 1.165) is 22.3 Å². The standard InChI is InChI=1S/C19H16INO7/c1-9(22)26-18(27-10(2)23)19-8-7-13(28-19)14-15(19)17(25)21(16(14)24)12-5-3-11(20)4-6-12/h3-8,13-15,18H,1-2H3. The summed E-state index contributed by atoms with van der Waals surface area (Å²) in [6.07, 6.45) is 1.07. The number of fused-ring (bicyclic) bond motifs is 5. The van der Waals surface area contributed by atoms with Crippen LogP contribution in [0.3, 0.4) is 0 Å². The Morgan fingerprint density at radius 3 is 2.29 bits per heavy atom. The summed E-state index contributed by atoms with van der Waals surface area (Å²) < 4.78 is 17.2. The van der Waals surface area contributed by atoms with Crippen molar-refractivity contribution in [2.24, 2.45) is 11.8 Å². The van der Waals surface area contributed by atoms with Crippen molar-refractivity contribution < 1.29 is 33.4 Å². The monoisotopic (exact) mass is 497 g/mol. The van der Waals surface area contributed by atoms with E-state index in [1.54, 1.807) is 36.4 Å². The fraction of sp³-hybridized carbons (Fsp3) is 0.368. The fourth-order valence-electron chi connectivity index (χ4n) is 4.06. The van der Waals surface area contributed by atoms with Gasteiger partial charge in [0.2, 0.25) is 11.8 Å². The quantitative estimate of drug-likeness (QED) is 0.205. The minimum absolute atomic E-state index is 0.392. The molecule has 1 aromatic carbocycles. The summed E-state index contributed by atoms with van der Waals surface area (Å²) in [7, 11) is 0. The lowest BCUT2D eigenvalue weighted by atomic mass is 9.76. The van der Waals surface area contributed by atoms with Gasteiger partial charge in [0.25, 0.3) is 6.29 Å². The number of anilines is 1. The summed E-state index contributed by atoms with van der Waals surface area (Å²) in [4.78, 5) is 50.6. The van der Waals surface area contributed by atoms with E-state index in [9.17, 15) is 19.2 Å². The molecule has 2 bridgehead atoms. The zero-order chi connectivity index (χ0) is 20.2. The molecule has 1 aromatic rings. The molecule has 0 aromatic heterocycles. The molecule has 3 heterocycles. The number of hydrogen-bond donors (Lipinski definition) is 0. The van der Waals surface area contributed by atoms with E-state index in [0.29, 0.717) is 5.69 Å². The first-order valence-corrected chi connectivity index (χ1v) is 9.67. The molecular formula is C19H16INO7. The van der Waals surface area contributed by atoms with Crippen LogP contribution in [0, 0.1) is 15.4 Å². The second-order valence-electron chi connectivity index (χ2n) is 6.84. The highest BCUT2D eigenvalue weighted by atomic mass is 127. The molecule has 4 rings (SSSR count). The largest absolute Gasteiger partial charge is 0.422 e. The van der Waals surface area contributed by atoms with Crippen molar-refractivity contribution in [2.75, 3.05) is 4.90 Å². The highest BCUT2D eigenvalue weighted by molar-refractivity contribution is 14.1. The Hall–Kier alpha value is -2.27. The average molecular weight is 497 g/mol. The Morgan fingerprint density at radius 2 is 1.71 bits per heavy atom. The number of ether oxygens (including phenoxy) is 3. The van der Waals surface area contributed by atoms with Crippen molar-refractivity contribution in [1.82, 2.24) is 0 Å². The topological polar surface area (TPSA) is 99.2 Å². The summed E-state index contributed by atoms with van der Waals surface area (Å²) in [6.45, 7) is 2.32. The molecule has 0 spiro atoms. The average Bonchev–Trinajstić information content (AvgIpc) is 3.26. The van der Waals surface area contributed by atoms with Crippen LogP contribution in [0.2, 0.25) is 0 Å². The van der Waals surface area contributed by atoms with Gasteiger partial charge in [-0.05, 0) is 52.9 Å². The van der Waals surface area contributed by atoms with Crippen molar-refractivity contribution in [3.05, 3.63) is 40.0 Å². The molecule has 0 radical (unpaired) electrons. The van der Waals surface area contributed by atoms with Gasteiger partial charge >= 0.3 is 11.9 Å². The van der Waals surface area contributed by atoms with Crippen LogP contribution in [0.25, 0.3) is 0 Å². The van der Waals surface area contributed by atoms with Crippen LogP contribution in [-0.4, -0.2) is 41.7 Å². The number of hydrogen-bond acceptors (Lipinski definition) is 7. The number of nitrogens with zero attached hydrogens (tertiary/aromatic N) is 1. The fourth-order valence-corrected chi connectivity index (χ4v) is 4.42. The van der Waals surface area contributed by atoms with Crippen molar-refractivity contribution in [1.29, 1.82) is 0 Å². The van der Waals surface area contributed by atoms with Crippen LogP contribution in [0.15, 0.2) is 36.4 Å². The lowest BCUT2D eigenvalue weighted by molar-refractivity contribution is -0.226. The molecule has 4 unspecified atom stereocenters. The molecular weight excluding hydrogens is 481 g/mol. The zero-order valence-electron chi connectivity index (χ0n) is 15.0. The van der Waals surface area contributed by atoms with Crippen LogP contribution in [-0.2, 0) is 33.4 Å². The van der Waals surface area contributed by atoms with E-state index in [2.05, 4.69) is 22.6 Å². The molecule has 9 heteroatoms. The van der Waals surface area contributed by atoms with E-state index in [1.807, 2.05) is 0 Å². The van der Waals surface area contributed by atoms with Gasteiger partial charge in [0.05, 0.1) is 23.6 Å². The molecule has 4 atom stereocenters. The lowest BCUT2D eigenvalue weighted by Gasteiger charge is -2.34. The molecule has 3 aliphatic heterocycles. The Morgan fingerprint density at radius 1 is 1.11 bits per heavy atom. The zero-order valence-corrected chi connectivity index (χ0v) is 17.1. The maximum Gasteiger partial charge on any atom is 0.305 e. The summed E-state index contributed by atoms with van der Waals surface area (Å²) in [5.41, 5.74) is -1.08. The first kappa shape index (κ1) is 19.1. The number of rotatable bonds is 4. The van der Waals surface area contributed by atoms with E-state index in [1.165, 1.54) is 0 Å². The predicted molar refractivity (Wildman–Crippen MR) is 103 cm³/mol. The number of amides is 2. The van der Waals surface area contributed by atoms with E-state index in [-0.39, 0.29) is 0 Å². The highest BCUT2D eigenvalue weighted by Crippen LogP contribution is 2.54. The number of imide groups is 1. The minimum atomic E-state index is -1.53. The summed E-state index contributed by atoms with van der Waals surface area (Å²) in [5.74, 6) is -4.00. The van der Waals surface area contributed by atoms with E-state index >= 15 is 0 Å². The number of carbonyl (C=O) groups excluding carboxylic acids is 4. The van der Waals surface area contributed by atoms with Gasteiger partial charge in [-0.25, -0.2) is 4.90 Å². The summed E-state index contributed by atoms with van der Waals surface area (Å²) in [5, 5.41) is 0. The molecule has 2 fully saturated rings. The smallest absolute Gasteiger partial charge is 0.305 e. The third kappa shape index (κ3) is 2.75. The Labute approximate surface area is 173 Å². The molecule has 0 aliphatic carbocycles. The van der Waals surface area contributed by atoms with Crippen molar-refractivity contribution in [3.63, 3.8) is 0 Å². The van der Waals surface area contributed by atoms with Crippen LogP contribution >= 0.6 is 22.6 Å². The lowest BCUT2D eigenvalue weighted by Crippen LogP contribution is -2.52. The molecule has 8 nitrogen and oxygen atoms in total. The summed E-state index contributed by atoms with van der Waals surface area (Å²) in [6, 6.07) is 6.97. The molecule has 28 heavy (non-hydrogen) atoms. The van der Waals surface area contributed by atoms with Gasteiger partial charge in [0, 0.05) is 17.4 Å². The SMILES string of the molecule is CC(=O)OC(OC(C)=O)C12C=CC(O1)C1C(=O)N(c3ccc(I)cc3)C(=O)C12. The summed E-state index contributed by atoms with van der Waals surface area (Å²) >= 11 is 2.13. The second kappa shape index (κ2) is 6.66. The van der Waals surface area contributed by atoms with Crippen LogP contribution in [0.4, 0.5) is 5.69 Å². The van der Waals surface area contributed by atoms with Gasteiger partial charge in [-0.15, -0.1) is 0 Å². The Bertz CT molecular complexity index is 895. The Kier molecular flexibility index (Phi) is 4.53. The molecule has 2 amide bonds. The normalized spacial score (nSPS) is 30.1. The maximum atomic E-state index is 13.3. The Balaban J connectivity index is 1.74. The van der Waals surface area contributed by atoms with Gasteiger partial charge in [-0.2, -0.15) is 0 Å². The van der Waals surface area contributed by atoms with Crippen molar-refractivity contribution in [3.8, 4) is 0 Å². The number of carbonyl (C=O) groups is 4. The van der Waals surface area contributed by atoms with Gasteiger partial charge < -0.3 is 14.2 Å². The third-order valence-electron chi connectivity index (χ3n) is 5.08. The van der Waals surface area contributed by atoms with E-state index in [4.69, 9.17) is 14.2 Å². The number of esters is 2. The maximum absolute atomic E-state index is 13.3. The second-order valence-corrected chi connectivity index (χ2v) is 8.08. The van der Waals surface area contributed by atoms with Crippen molar-refractivity contribution in [2.45, 2.75) is 31.8 Å². The van der Waals surface area contributed by atoms with Gasteiger partial charge in [0.15, 0.2) is 5.60 Å². The van der Waals surface area contributed by atoms with E-state index < -0.39 is 53.6 Å². The van der Waals surface area contributed by atoms with Gasteiger partial charge in [0.1, 0.15) is 0 Å². The molecule has 2 saturated heterocycles. The number of halogens is 1. The van der Waals surface area contributed by atoms with Gasteiger partial charge in [-0.3, -0.25) is 19.2 Å². The molecule has 0 saturated carbocycles. The van der Waals surface area contributed by atoms with Crippen LogP contribution in [0.1, 0.15) is 13.8 Å². The minimum Gasteiger partial charge on any atom is -0.422 e. The van der Waals surface area contributed by atoms with Crippen LogP contribution < -0.4 is 4.90 Å². The highest BCUT2D eigenvalue weighted by Gasteiger charge is 2.72. The molecule has 0 N–H and O–H groups in total. The number of benzene rings is 1. The third-order valence-corrected chi connectivity index (χ3v) is 5.80. The van der Waals surface area contributed by atoms with Gasteiger partial charge in [-0.1, -0.05) is 6.08 Å². The van der Waals surface area contributed by atoms with Crippen molar-refractivity contribution >= 4 is 52.0 Å².